The van der Waals surface area contributed by atoms with Crippen LogP contribution in [-0.2, 0) is 4.74 Å². The molecule has 1 rings (SSSR count). The predicted molar refractivity (Wildman–Crippen MR) is 55.2 cm³/mol. The fraction of sp³-hybridized carbons (Fsp3) is 0.900. The van der Waals surface area contributed by atoms with Crippen molar-refractivity contribution in [1.82, 2.24) is 9.80 Å². The maximum Gasteiger partial charge on any atom is 0.319 e. The number of nitrogens with zero attached hydrogens (tertiary/aromatic N) is 2. The van der Waals surface area contributed by atoms with Crippen LogP contribution in [0, 0.1) is 5.92 Å². The third-order valence-electron chi connectivity index (χ3n) is 2.49. The first-order chi connectivity index (χ1) is 6.52. The lowest BCUT2D eigenvalue weighted by atomic mass is 10.1. The Balaban J connectivity index is 2.51. The lowest BCUT2D eigenvalue weighted by molar-refractivity contribution is -0.0398. The standard InChI is InChI=1S/C10H20N2O2/c1-8(2)9-7-12(5-6-14-9)10(13)11(3)4/h8-9H,5-7H2,1-4H3. The van der Waals surface area contributed by atoms with Crippen LogP contribution in [0.5, 0.6) is 0 Å². The number of urea groups is 1. The first kappa shape index (κ1) is 11.3. The van der Waals surface area contributed by atoms with E-state index in [0.717, 1.165) is 0 Å². The molecule has 1 aliphatic rings. The van der Waals surface area contributed by atoms with E-state index in [-0.39, 0.29) is 12.1 Å². The second kappa shape index (κ2) is 4.64. The number of hydrogen-bond acceptors (Lipinski definition) is 2. The third kappa shape index (κ3) is 2.61. The monoisotopic (exact) mass is 200 g/mol. The Labute approximate surface area is 85.8 Å². The van der Waals surface area contributed by atoms with E-state index in [1.165, 1.54) is 0 Å². The lowest BCUT2D eigenvalue weighted by Crippen LogP contribution is -2.50. The van der Waals surface area contributed by atoms with E-state index in [0.29, 0.717) is 25.6 Å². The highest BCUT2D eigenvalue weighted by atomic mass is 16.5. The molecule has 1 aliphatic heterocycles. The van der Waals surface area contributed by atoms with Gasteiger partial charge in [0.05, 0.1) is 12.7 Å². The van der Waals surface area contributed by atoms with Crippen molar-refractivity contribution in [2.75, 3.05) is 33.8 Å². The molecule has 0 aliphatic carbocycles. The Morgan fingerprint density at radius 1 is 1.50 bits per heavy atom. The van der Waals surface area contributed by atoms with E-state index >= 15 is 0 Å². The van der Waals surface area contributed by atoms with Crippen molar-refractivity contribution in [3.8, 4) is 0 Å². The maximum atomic E-state index is 11.7. The Hall–Kier alpha value is -0.770. The normalized spacial score (nSPS) is 22.6. The molecule has 1 atom stereocenters. The minimum atomic E-state index is 0.0824. The Kier molecular flexibility index (Phi) is 3.75. The zero-order valence-corrected chi connectivity index (χ0v) is 9.49. The molecule has 0 radical (unpaired) electrons. The molecule has 2 amide bonds. The summed E-state index contributed by atoms with van der Waals surface area (Å²) in [5.41, 5.74) is 0. The fourth-order valence-electron chi connectivity index (χ4n) is 1.54. The van der Waals surface area contributed by atoms with Gasteiger partial charge in [0.15, 0.2) is 0 Å². The summed E-state index contributed by atoms with van der Waals surface area (Å²) in [5.74, 6) is 0.466. The number of amides is 2. The largest absolute Gasteiger partial charge is 0.374 e. The van der Waals surface area contributed by atoms with E-state index < -0.39 is 0 Å². The molecule has 1 heterocycles. The first-order valence-electron chi connectivity index (χ1n) is 5.10. The molecule has 0 spiro atoms. The van der Waals surface area contributed by atoms with E-state index in [2.05, 4.69) is 13.8 Å². The van der Waals surface area contributed by atoms with E-state index in [9.17, 15) is 4.79 Å². The van der Waals surface area contributed by atoms with E-state index in [4.69, 9.17) is 4.74 Å². The molecule has 82 valence electrons. The lowest BCUT2D eigenvalue weighted by Gasteiger charge is -2.36. The van der Waals surface area contributed by atoms with Gasteiger partial charge in [-0.3, -0.25) is 0 Å². The summed E-state index contributed by atoms with van der Waals surface area (Å²) in [7, 11) is 3.56. The second-order valence-electron chi connectivity index (χ2n) is 4.28. The molecule has 0 bridgehead atoms. The van der Waals surface area contributed by atoms with Gasteiger partial charge in [0.1, 0.15) is 0 Å². The van der Waals surface area contributed by atoms with E-state index in [1.54, 1.807) is 19.0 Å². The number of carbonyl (C=O) groups is 1. The van der Waals surface area contributed by atoms with Gasteiger partial charge in [-0.05, 0) is 5.92 Å². The minimum absolute atomic E-state index is 0.0824. The molecule has 0 aromatic carbocycles. The van der Waals surface area contributed by atoms with Gasteiger partial charge < -0.3 is 14.5 Å². The van der Waals surface area contributed by atoms with Crippen LogP contribution in [0.4, 0.5) is 4.79 Å². The topological polar surface area (TPSA) is 32.8 Å². The number of carbonyl (C=O) groups excluding carboxylic acids is 1. The first-order valence-corrected chi connectivity index (χ1v) is 5.10. The molecule has 4 heteroatoms. The van der Waals surface area contributed by atoms with Crippen molar-refractivity contribution in [2.24, 2.45) is 5.92 Å². The molecule has 1 unspecified atom stereocenters. The molecule has 4 nitrogen and oxygen atoms in total. The summed E-state index contributed by atoms with van der Waals surface area (Å²) in [5, 5.41) is 0. The van der Waals surface area contributed by atoms with Crippen molar-refractivity contribution in [3.63, 3.8) is 0 Å². The average molecular weight is 200 g/mol. The predicted octanol–water partition coefficient (Wildman–Crippen LogP) is 1.02. The Morgan fingerprint density at radius 2 is 2.14 bits per heavy atom. The molecule has 0 N–H and O–H groups in total. The summed E-state index contributed by atoms with van der Waals surface area (Å²) in [4.78, 5) is 15.1. The zero-order chi connectivity index (χ0) is 10.7. The van der Waals surface area contributed by atoms with Crippen LogP contribution in [0.1, 0.15) is 13.8 Å². The molecular formula is C10H20N2O2. The van der Waals surface area contributed by atoms with Crippen LogP contribution >= 0.6 is 0 Å². The van der Waals surface area contributed by atoms with Crippen LogP contribution < -0.4 is 0 Å². The summed E-state index contributed by atoms with van der Waals surface area (Å²) in [6.45, 7) is 6.32. The summed E-state index contributed by atoms with van der Waals surface area (Å²) in [6, 6.07) is 0.0824. The second-order valence-corrected chi connectivity index (χ2v) is 4.28. The van der Waals surface area contributed by atoms with Crippen molar-refractivity contribution in [2.45, 2.75) is 20.0 Å². The zero-order valence-electron chi connectivity index (χ0n) is 9.49. The van der Waals surface area contributed by atoms with Gasteiger partial charge in [0.2, 0.25) is 0 Å². The van der Waals surface area contributed by atoms with Gasteiger partial charge in [-0.1, -0.05) is 13.8 Å². The molecule has 0 saturated carbocycles. The van der Waals surface area contributed by atoms with Crippen LogP contribution in [0.3, 0.4) is 0 Å². The van der Waals surface area contributed by atoms with Gasteiger partial charge in [-0.15, -0.1) is 0 Å². The number of hydrogen-bond donors (Lipinski definition) is 0. The van der Waals surface area contributed by atoms with Crippen molar-refractivity contribution < 1.29 is 9.53 Å². The molecule has 0 aromatic heterocycles. The van der Waals surface area contributed by atoms with Crippen LogP contribution in [0.15, 0.2) is 0 Å². The Morgan fingerprint density at radius 3 is 2.64 bits per heavy atom. The molecular weight excluding hydrogens is 180 g/mol. The maximum absolute atomic E-state index is 11.7. The fourth-order valence-corrected chi connectivity index (χ4v) is 1.54. The molecule has 0 aromatic rings. The molecule has 1 fully saturated rings. The van der Waals surface area contributed by atoms with Gasteiger partial charge in [0.25, 0.3) is 0 Å². The smallest absolute Gasteiger partial charge is 0.319 e. The summed E-state index contributed by atoms with van der Waals surface area (Å²) < 4.78 is 5.59. The summed E-state index contributed by atoms with van der Waals surface area (Å²) in [6.07, 6.45) is 0.188. The SMILES string of the molecule is CC(C)C1CN(C(=O)N(C)C)CCO1. The quantitative estimate of drug-likeness (QED) is 0.633. The minimum Gasteiger partial charge on any atom is -0.374 e. The van der Waals surface area contributed by atoms with Gasteiger partial charge in [0, 0.05) is 27.2 Å². The van der Waals surface area contributed by atoms with Crippen LogP contribution in [0.25, 0.3) is 0 Å². The number of morpholine rings is 1. The van der Waals surface area contributed by atoms with Crippen LogP contribution in [-0.4, -0.2) is 55.7 Å². The van der Waals surface area contributed by atoms with Gasteiger partial charge in [-0.25, -0.2) is 4.79 Å². The Bertz CT molecular complexity index is 204. The average Bonchev–Trinajstić information content (AvgIpc) is 2.16. The van der Waals surface area contributed by atoms with Crippen LogP contribution in [0.2, 0.25) is 0 Å². The number of ether oxygens (including phenoxy) is 1. The van der Waals surface area contributed by atoms with Crippen molar-refractivity contribution in [1.29, 1.82) is 0 Å². The van der Waals surface area contributed by atoms with Gasteiger partial charge >= 0.3 is 6.03 Å². The highest BCUT2D eigenvalue weighted by Crippen LogP contribution is 2.13. The van der Waals surface area contributed by atoms with Gasteiger partial charge in [-0.2, -0.15) is 0 Å². The molecule has 1 saturated heterocycles. The van der Waals surface area contributed by atoms with E-state index in [1.807, 2.05) is 4.90 Å². The summed E-state index contributed by atoms with van der Waals surface area (Å²) >= 11 is 0. The highest BCUT2D eigenvalue weighted by molar-refractivity contribution is 5.73. The molecule has 14 heavy (non-hydrogen) atoms. The van der Waals surface area contributed by atoms with Crippen molar-refractivity contribution in [3.05, 3.63) is 0 Å². The van der Waals surface area contributed by atoms with Crippen molar-refractivity contribution >= 4 is 6.03 Å². The highest BCUT2D eigenvalue weighted by Gasteiger charge is 2.26. The third-order valence-corrected chi connectivity index (χ3v) is 2.49. The number of rotatable bonds is 1.